The highest BCUT2D eigenvalue weighted by Crippen LogP contribution is 2.36. The number of hydrogen-bond donors (Lipinski definition) is 0. The topological polar surface area (TPSA) is 59.4 Å². The summed E-state index contributed by atoms with van der Waals surface area (Å²) in [7, 11) is 0. The highest BCUT2D eigenvalue weighted by atomic mass is 15.1. The van der Waals surface area contributed by atoms with Crippen molar-refractivity contribution in [3.05, 3.63) is 48.3 Å². The molecule has 1 aromatic carbocycles. The summed E-state index contributed by atoms with van der Waals surface area (Å²) < 4.78 is 4.39. The van der Waals surface area contributed by atoms with Gasteiger partial charge in [-0.15, -0.1) is 0 Å². The van der Waals surface area contributed by atoms with Crippen LogP contribution in [0.3, 0.4) is 0 Å². The van der Waals surface area contributed by atoms with Gasteiger partial charge in [-0.05, 0) is 25.0 Å². The van der Waals surface area contributed by atoms with Gasteiger partial charge >= 0.3 is 0 Å². The van der Waals surface area contributed by atoms with Crippen molar-refractivity contribution in [2.45, 2.75) is 31.8 Å². The minimum Gasteiger partial charge on any atom is -0.330 e. The molecule has 3 aromatic rings. The number of nitriles is 1. The van der Waals surface area contributed by atoms with E-state index in [1.54, 1.807) is 0 Å². The summed E-state index contributed by atoms with van der Waals surface area (Å²) in [6.45, 7) is 0.716. The third-order valence-corrected chi connectivity index (χ3v) is 3.98. The second-order valence-electron chi connectivity index (χ2n) is 5.46. The predicted molar refractivity (Wildman–Crippen MR) is 78.7 cm³/mol. The van der Waals surface area contributed by atoms with E-state index in [-0.39, 0.29) is 0 Å². The lowest BCUT2D eigenvalue weighted by molar-refractivity contribution is 0.652. The van der Waals surface area contributed by atoms with Crippen molar-refractivity contribution in [1.82, 2.24) is 19.1 Å². The van der Waals surface area contributed by atoms with Gasteiger partial charge in [0.15, 0.2) is 0 Å². The smallest absolute Gasteiger partial charge is 0.124 e. The Kier molecular flexibility index (Phi) is 2.74. The molecule has 0 atom stereocenters. The van der Waals surface area contributed by atoms with Gasteiger partial charge in [-0.1, -0.05) is 12.1 Å². The van der Waals surface area contributed by atoms with Gasteiger partial charge in [0, 0.05) is 12.2 Å². The first kappa shape index (κ1) is 12.2. The van der Waals surface area contributed by atoms with Crippen LogP contribution in [0.15, 0.2) is 36.8 Å². The number of rotatable bonds is 4. The van der Waals surface area contributed by atoms with Crippen LogP contribution in [0.25, 0.3) is 11.0 Å². The number of fused-ring (bicyclic) bond motifs is 1. The van der Waals surface area contributed by atoms with E-state index >= 15 is 0 Å². The molecule has 21 heavy (non-hydrogen) atoms. The summed E-state index contributed by atoms with van der Waals surface area (Å²) in [6, 6.07) is 10.8. The van der Waals surface area contributed by atoms with Gasteiger partial charge in [0.1, 0.15) is 5.82 Å². The minimum atomic E-state index is 0.326. The second-order valence-corrected chi connectivity index (χ2v) is 5.46. The lowest BCUT2D eigenvalue weighted by Crippen LogP contribution is -2.09. The van der Waals surface area contributed by atoms with Gasteiger partial charge in [-0.25, -0.2) is 9.97 Å². The molecule has 0 unspecified atom stereocenters. The Morgan fingerprint density at radius 2 is 2.14 bits per heavy atom. The molecule has 0 N–H and O–H groups in total. The zero-order valence-electron chi connectivity index (χ0n) is 11.6. The predicted octanol–water partition coefficient (Wildman–Crippen LogP) is 2.68. The molecule has 5 heteroatoms. The van der Waals surface area contributed by atoms with E-state index in [4.69, 9.17) is 5.26 Å². The number of hydrogen-bond acceptors (Lipinski definition) is 3. The largest absolute Gasteiger partial charge is 0.330 e. The van der Waals surface area contributed by atoms with Crippen LogP contribution in [0.4, 0.5) is 0 Å². The second kappa shape index (κ2) is 4.74. The van der Waals surface area contributed by atoms with Crippen LogP contribution in [0.2, 0.25) is 0 Å². The first-order valence-corrected chi connectivity index (χ1v) is 7.18. The average Bonchev–Trinajstić information content (AvgIpc) is 3.15. The zero-order chi connectivity index (χ0) is 14.2. The molecule has 1 fully saturated rings. The Morgan fingerprint density at radius 3 is 2.95 bits per heavy atom. The molecule has 1 aliphatic rings. The van der Waals surface area contributed by atoms with Gasteiger partial charge in [-0.2, -0.15) is 5.26 Å². The zero-order valence-corrected chi connectivity index (χ0v) is 11.6. The van der Waals surface area contributed by atoms with Crippen molar-refractivity contribution in [2.75, 3.05) is 0 Å². The number of aromatic nitrogens is 4. The van der Waals surface area contributed by atoms with Gasteiger partial charge in [0.2, 0.25) is 0 Å². The summed E-state index contributed by atoms with van der Waals surface area (Å²) >= 11 is 0. The normalized spacial score (nSPS) is 14.4. The van der Waals surface area contributed by atoms with E-state index in [2.05, 4.69) is 31.2 Å². The number of benzene rings is 1. The third kappa shape index (κ3) is 2.09. The van der Waals surface area contributed by atoms with Crippen LogP contribution in [-0.2, 0) is 13.0 Å². The fraction of sp³-hybridized carbons (Fsp3) is 0.312. The Balaban J connectivity index is 1.79. The Hall–Kier alpha value is -2.61. The van der Waals surface area contributed by atoms with Crippen LogP contribution >= 0.6 is 0 Å². The van der Waals surface area contributed by atoms with Crippen LogP contribution in [0.1, 0.15) is 30.4 Å². The van der Waals surface area contributed by atoms with E-state index in [0.29, 0.717) is 19.0 Å². The summed E-state index contributed by atoms with van der Waals surface area (Å²) in [4.78, 5) is 8.87. The quantitative estimate of drug-likeness (QED) is 0.736. The van der Waals surface area contributed by atoms with E-state index < -0.39 is 0 Å². The molecule has 0 radical (unpaired) electrons. The Bertz CT molecular complexity index is 832. The lowest BCUT2D eigenvalue weighted by Gasteiger charge is -2.10. The molecule has 2 aromatic heterocycles. The standard InChI is InChI=1S/C16H15N5/c17-8-7-16-19-14-3-1-2-4-15(14)20(16)10-13-9-18-11-21(13)12-5-6-12/h1-4,9,11-12H,5-7,10H2. The van der Waals surface area contributed by atoms with Crippen LogP contribution in [0.5, 0.6) is 0 Å². The Morgan fingerprint density at radius 1 is 1.29 bits per heavy atom. The molecule has 0 aliphatic heterocycles. The van der Waals surface area contributed by atoms with E-state index in [9.17, 15) is 0 Å². The molecule has 0 bridgehead atoms. The molecule has 0 amide bonds. The molecular formula is C16H15N5. The molecule has 1 saturated carbocycles. The molecule has 4 rings (SSSR count). The number of para-hydroxylation sites is 2. The monoisotopic (exact) mass is 277 g/mol. The maximum absolute atomic E-state index is 9.03. The SMILES string of the molecule is N#CCc1nc2ccccc2n1Cc1cncn1C1CC1. The Labute approximate surface area is 122 Å². The first-order valence-electron chi connectivity index (χ1n) is 7.18. The molecule has 0 saturated heterocycles. The van der Waals surface area contributed by atoms with E-state index in [1.807, 2.05) is 30.7 Å². The maximum atomic E-state index is 9.03. The fourth-order valence-corrected chi connectivity index (χ4v) is 2.81. The summed E-state index contributed by atoms with van der Waals surface area (Å²) in [5, 5.41) is 9.03. The fourth-order valence-electron chi connectivity index (χ4n) is 2.81. The lowest BCUT2D eigenvalue weighted by atomic mass is 10.3. The van der Waals surface area contributed by atoms with Gasteiger partial charge in [-0.3, -0.25) is 0 Å². The van der Waals surface area contributed by atoms with Crippen molar-refractivity contribution in [3.63, 3.8) is 0 Å². The van der Waals surface area contributed by atoms with Crippen molar-refractivity contribution in [2.24, 2.45) is 0 Å². The number of imidazole rings is 2. The van der Waals surface area contributed by atoms with E-state index in [1.165, 1.54) is 18.5 Å². The number of nitrogens with zero attached hydrogens (tertiary/aromatic N) is 5. The molecule has 0 spiro atoms. The van der Waals surface area contributed by atoms with Crippen LogP contribution in [-0.4, -0.2) is 19.1 Å². The molecule has 2 heterocycles. The maximum Gasteiger partial charge on any atom is 0.124 e. The summed E-state index contributed by atoms with van der Waals surface area (Å²) in [5.74, 6) is 0.822. The molecular weight excluding hydrogens is 262 g/mol. The van der Waals surface area contributed by atoms with Gasteiger partial charge in [0.05, 0.1) is 42.1 Å². The first-order chi connectivity index (χ1) is 10.4. The summed E-state index contributed by atoms with van der Waals surface area (Å²) in [5.41, 5.74) is 3.20. The summed E-state index contributed by atoms with van der Waals surface area (Å²) in [6.07, 6.45) is 6.63. The third-order valence-electron chi connectivity index (χ3n) is 3.98. The van der Waals surface area contributed by atoms with Gasteiger partial charge in [0.25, 0.3) is 0 Å². The van der Waals surface area contributed by atoms with Crippen LogP contribution in [0, 0.1) is 11.3 Å². The van der Waals surface area contributed by atoms with Crippen LogP contribution < -0.4 is 0 Å². The van der Waals surface area contributed by atoms with Gasteiger partial charge < -0.3 is 9.13 Å². The highest BCUT2D eigenvalue weighted by molar-refractivity contribution is 5.76. The van der Waals surface area contributed by atoms with E-state index in [0.717, 1.165) is 16.9 Å². The average molecular weight is 277 g/mol. The van der Waals surface area contributed by atoms with Crippen molar-refractivity contribution in [1.29, 1.82) is 5.26 Å². The highest BCUT2D eigenvalue weighted by Gasteiger charge is 2.25. The van der Waals surface area contributed by atoms with Crippen molar-refractivity contribution >= 4 is 11.0 Å². The van der Waals surface area contributed by atoms with Crippen molar-refractivity contribution < 1.29 is 0 Å². The molecule has 1 aliphatic carbocycles. The molecule has 5 nitrogen and oxygen atoms in total. The minimum absolute atomic E-state index is 0.326. The van der Waals surface area contributed by atoms with Crippen molar-refractivity contribution in [3.8, 4) is 6.07 Å². The molecule has 104 valence electrons.